The van der Waals surface area contributed by atoms with Crippen molar-refractivity contribution in [3.63, 3.8) is 0 Å². The summed E-state index contributed by atoms with van der Waals surface area (Å²) >= 11 is 0. The fourth-order valence-corrected chi connectivity index (χ4v) is 2.58. The molecule has 2 aromatic carbocycles. The topological polar surface area (TPSA) is 56.2 Å². The smallest absolute Gasteiger partial charge is 0.387 e. The Bertz CT molecular complexity index is 867. The highest BCUT2D eigenvalue weighted by Gasteiger charge is 2.15. The summed E-state index contributed by atoms with van der Waals surface area (Å²) < 4.78 is 31.2. The van der Waals surface area contributed by atoms with Crippen LogP contribution >= 0.6 is 0 Å². The fourth-order valence-electron chi connectivity index (χ4n) is 2.58. The van der Waals surface area contributed by atoms with Gasteiger partial charge in [0.2, 0.25) is 0 Å². The molecule has 7 heteroatoms. The number of carbonyl (C=O) groups is 1. The normalized spacial score (nSPS) is 10.7. The maximum Gasteiger partial charge on any atom is 0.387 e. The van der Waals surface area contributed by atoms with E-state index in [4.69, 9.17) is 0 Å². The number of amides is 1. The Morgan fingerprint density at radius 1 is 1.08 bits per heavy atom. The van der Waals surface area contributed by atoms with Crippen LogP contribution in [-0.2, 0) is 13.1 Å². The highest BCUT2D eigenvalue weighted by atomic mass is 19.3. The van der Waals surface area contributed by atoms with Gasteiger partial charge in [-0.3, -0.25) is 9.48 Å². The molecular weight excluding hydrogens is 340 g/mol. The molecule has 0 saturated heterocycles. The van der Waals surface area contributed by atoms with E-state index in [-0.39, 0.29) is 17.9 Å². The minimum Gasteiger partial charge on any atom is -0.434 e. The predicted molar refractivity (Wildman–Crippen MR) is 92.0 cm³/mol. The van der Waals surface area contributed by atoms with Gasteiger partial charge in [0, 0.05) is 18.9 Å². The van der Waals surface area contributed by atoms with Crippen LogP contribution in [0.4, 0.5) is 8.78 Å². The molecule has 5 nitrogen and oxygen atoms in total. The maximum atomic E-state index is 12.5. The van der Waals surface area contributed by atoms with Gasteiger partial charge in [0.15, 0.2) is 0 Å². The number of aromatic nitrogens is 2. The number of hydrogen-bond donors (Lipinski definition) is 1. The van der Waals surface area contributed by atoms with E-state index in [0.29, 0.717) is 6.54 Å². The van der Waals surface area contributed by atoms with Crippen molar-refractivity contribution in [2.75, 3.05) is 0 Å². The van der Waals surface area contributed by atoms with Gasteiger partial charge in [-0.05, 0) is 29.3 Å². The molecule has 0 unspecified atom stereocenters. The van der Waals surface area contributed by atoms with Crippen LogP contribution in [0, 0.1) is 0 Å². The number of hydrogen-bond acceptors (Lipinski definition) is 3. The second-order valence-corrected chi connectivity index (χ2v) is 5.53. The van der Waals surface area contributed by atoms with Crippen molar-refractivity contribution >= 4 is 5.91 Å². The first-order valence-electron chi connectivity index (χ1n) is 8.00. The van der Waals surface area contributed by atoms with Gasteiger partial charge in [0.1, 0.15) is 5.75 Å². The van der Waals surface area contributed by atoms with E-state index in [1.807, 2.05) is 36.5 Å². The summed E-state index contributed by atoms with van der Waals surface area (Å²) in [6.45, 7) is -2.15. The van der Waals surface area contributed by atoms with Crippen LogP contribution in [0.25, 0.3) is 0 Å². The molecule has 26 heavy (non-hydrogen) atoms. The summed E-state index contributed by atoms with van der Waals surface area (Å²) in [7, 11) is 0. The molecule has 0 spiro atoms. The van der Waals surface area contributed by atoms with Gasteiger partial charge in [-0.2, -0.15) is 13.9 Å². The zero-order valence-electron chi connectivity index (χ0n) is 13.8. The van der Waals surface area contributed by atoms with Crippen LogP contribution in [0.3, 0.4) is 0 Å². The van der Waals surface area contributed by atoms with Gasteiger partial charge >= 0.3 is 6.61 Å². The van der Waals surface area contributed by atoms with Crippen molar-refractivity contribution in [2.45, 2.75) is 19.7 Å². The monoisotopic (exact) mass is 357 g/mol. The second-order valence-electron chi connectivity index (χ2n) is 5.53. The van der Waals surface area contributed by atoms with Crippen LogP contribution < -0.4 is 10.1 Å². The van der Waals surface area contributed by atoms with Crippen molar-refractivity contribution < 1.29 is 18.3 Å². The first kappa shape index (κ1) is 17.6. The molecule has 0 aliphatic rings. The van der Waals surface area contributed by atoms with E-state index in [0.717, 1.165) is 11.1 Å². The van der Waals surface area contributed by atoms with Gasteiger partial charge in [0.25, 0.3) is 5.91 Å². The van der Waals surface area contributed by atoms with Crippen molar-refractivity contribution in [3.8, 4) is 5.75 Å². The Morgan fingerprint density at radius 2 is 1.81 bits per heavy atom. The highest BCUT2D eigenvalue weighted by molar-refractivity contribution is 5.96. The number of nitrogens with zero attached hydrogens (tertiary/aromatic N) is 2. The molecule has 3 rings (SSSR count). The van der Waals surface area contributed by atoms with Crippen LogP contribution in [-0.4, -0.2) is 22.3 Å². The van der Waals surface area contributed by atoms with E-state index in [2.05, 4.69) is 15.2 Å². The average molecular weight is 357 g/mol. The predicted octanol–water partition coefficient (Wildman–Crippen LogP) is 3.46. The van der Waals surface area contributed by atoms with E-state index in [9.17, 15) is 13.6 Å². The average Bonchev–Trinajstić information content (AvgIpc) is 3.14. The number of rotatable bonds is 7. The van der Waals surface area contributed by atoms with Crippen molar-refractivity contribution in [2.24, 2.45) is 0 Å². The number of alkyl halides is 2. The third-order valence-electron chi connectivity index (χ3n) is 3.80. The summed E-state index contributed by atoms with van der Waals surface area (Å²) in [5.74, 6) is -0.625. The summed E-state index contributed by atoms with van der Waals surface area (Å²) in [6.07, 6.45) is 3.55. The van der Waals surface area contributed by atoms with Crippen LogP contribution in [0.1, 0.15) is 21.5 Å². The van der Waals surface area contributed by atoms with E-state index in [1.54, 1.807) is 16.9 Å². The van der Waals surface area contributed by atoms with Gasteiger partial charge in [-0.25, -0.2) is 0 Å². The first-order chi connectivity index (χ1) is 12.6. The van der Waals surface area contributed by atoms with E-state index < -0.39 is 12.5 Å². The summed E-state index contributed by atoms with van der Waals surface area (Å²) in [5.41, 5.74) is 1.99. The van der Waals surface area contributed by atoms with Gasteiger partial charge in [-0.15, -0.1) is 0 Å². The Hall–Kier alpha value is -3.22. The van der Waals surface area contributed by atoms with Crippen LogP contribution in [0.2, 0.25) is 0 Å². The third kappa shape index (κ3) is 4.44. The zero-order chi connectivity index (χ0) is 18.4. The molecule has 0 aliphatic carbocycles. The number of halogens is 2. The first-order valence-corrected chi connectivity index (χ1v) is 8.00. The van der Waals surface area contributed by atoms with Crippen molar-refractivity contribution in [1.82, 2.24) is 15.1 Å². The fraction of sp³-hybridized carbons (Fsp3) is 0.158. The molecule has 0 fully saturated rings. The van der Waals surface area contributed by atoms with Crippen molar-refractivity contribution in [3.05, 3.63) is 83.7 Å². The highest BCUT2D eigenvalue weighted by Crippen LogP contribution is 2.20. The minimum atomic E-state index is -2.99. The maximum absolute atomic E-state index is 12.5. The van der Waals surface area contributed by atoms with E-state index >= 15 is 0 Å². The number of ether oxygens (including phenoxy) is 1. The summed E-state index contributed by atoms with van der Waals surface area (Å²) in [6, 6.07) is 15.4. The lowest BCUT2D eigenvalue weighted by atomic mass is 10.1. The minimum absolute atomic E-state index is 0.0670. The Balaban J connectivity index is 1.71. The molecule has 1 amide bonds. The molecule has 1 aromatic heterocycles. The number of benzene rings is 2. The van der Waals surface area contributed by atoms with Crippen molar-refractivity contribution in [1.29, 1.82) is 0 Å². The lowest BCUT2D eigenvalue weighted by Crippen LogP contribution is -2.24. The van der Waals surface area contributed by atoms with Gasteiger partial charge < -0.3 is 10.1 Å². The summed E-state index contributed by atoms with van der Waals surface area (Å²) in [4.78, 5) is 12.4. The lowest BCUT2D eigenvalue weighted by molar-refractivity contribution is -0.0501. The molecule has 3 aromatic rings. The molecule has 0 bridgehead atoms. The van der Waals surface area contributed by atoms with Gasteiger partial charge in [-0.1, -0.05) is 36.4 Å². The largest absolute Gasteiger partial charge is 0.434 e. The second kappa shape index (κ2) is 8.24. The molecule has 0 saturated carbocycles. The quantitative estimate of drug-likeness (QED) is 0.705. The standard InChI is InChI=1S/C19H17F2N3O2/c20-19(21)26-17-9-4-3-8-16(17)18(25)22-12-14-6-1-2-7-15(14)13-24-11-5-10-23-24/h1-11,19H,12-13H2,(H,22,25). The van der Waals surface area contributed by atoms with Crippen LogP contribution in [0.15, 0.2) is 67.0 Å². The SMILES string of the molecule is O=C(NCc1ccccc1Cn1cccn1)c1ccccc1OC(F)F. The third-order valence-corrected chi connectivity index (χ3v) is 3.80. The number of carbonyl (C=O) groups excluding carboxylic acids is 1. The Labute approximate surface area is 149 Å². The molecule has 0 atom stereocenters. The number of para-hydroxylation sites is 1. The van der Waals surface area contributed by atoms with E-state index in [1.165, 1.54) is 18.2 Å². The molecule has 1 N–H and O–H groups in total. The molecule has 0 aliphatic heterocycles. The van der Waals surface area contributed by atoms with Gasteiger partial charge in [0.05, 0.1) is 12.1 Å². The molecule has 134 valence electrons. The Kier molecular flexibility index (Phi) is 5.58. The number of nitrogens with one attached hydrogen (secondary N) is 1. The zero-order valence-corrected chi connectivity index (χ0v) is 13.8. The Morgan fingerprint density at radius 3 is 2.54 bits per heavy atom. The van der Waals surface area contributed by atoms with Crippen LogP contribution in [0.5, 0.6) is 5.75 Å². The molecular formula is C19H17F2N3O2. The lowest BCUT2D eigenvalue weighted by Gasteiger charge is -2.13. The molecule has 0 radical (unpaired) electrons. The summed E-state index contributed by atoms with van der Waals surface area (Å²) in [5, 5.41) is 6.93. The molecule has 1 heterocycles.